The highest BCUT2D eigenvalue weighted by Gasteiger charge is 2.38. The molecule has 0 rings (SSSR count). The predicted molar refractivity (Wildman–Crippen MR) is 75.9 cm³/mol. The van der Waals surface area contributed by atoms with Crippen LogP contribution in [-0.4, -0.2) is 22.3 Å². The van der Waals surface area contributed by atoms with Gasteiger partial charge in [0.05, 0.1) is 8.80 Å². The van der Waals surface area contributed by atoms with Gasteiger partial charge in [-0.2, -0.15) is 0 Å². The molecule has 0 aromatic rings. The monoisotopic (exact) mass is 246 g/mol. The zero-order valence-corrected chi connectivity index (χ0v) is 14.1. The molecule has 0 unspecified atom stereocenters. The Kier molecular flexibility index (Phi) is 5.79. The van der Waals surface area contributed by atoms with Gasteiger partial charge in [0.15, 0.2) is 8.32 Å². The Morgan fingerprint density at radius 2 is 1.53 bits per heavy atom. The second-order valence-electron chi connectivity index (χ2n) is 5.98. The third kappa shape index (κ3) is 4.41. The molecule has 0 aliphatic rings. The van der Waals surface area contributed by atoms with Crippen LogP contribution >= 0.6 is 0 Å². The molecule has 0 bridgehead atoms. The summed E-state index contributed by atoms with van der Waals surface area (Å²) in [4.78, 5) is 0. The lowest BCUT2D eigenvalue weighted by Gasteiger charge is -2.41. The molecule has 92 valence electrons. The molecule has 0 aromatic heterocycles. The zero-order chi connectivity index (χ0) is 12.3. The second kappa shape index (κ2) is 5.64. The smallest absolute Gasteiger partial charge is 0.190 e. The van der Waals surface area contributed by atoms with Gasteiger partial charge in [-0.05, 0) is 32.5 Å². The highest BCUT2D eigenvalue weighted by molar-refractivity contribution is 6.74. The van der Waals surface area contributed by atoms with Gasteiger partial charge in [0.25, 0.3) is 0 Å². The van der Waals surface area contributed by atoms with Crippen molar-refractivity contribution in [2.24, 2.45) is 0 Å². The van der Waals surface area contributed by atoms with Crippen LogP contribution in [0.2, 0.25) is 31.7 Å². The third-order valence-corrected chi connectivity index (χ3v) is 10.9. The fourth-order valence-electron chi connectivity index (χ4n) is 2.15. The molecule has 15 heavy (non-hydrogen) atoms. The van der Waals surface area contributed by atoms with E-state index in [4.69, 9.17) is 4.43 Å². The Morgan fingerprint density at radius 1 is 1.13 bits per heavy atom. The van der Waals surface area contributed by atoms with Gasteiger partial charge in [-0.3, -0.25) is 0 Å². The summed E-state index contributed by atoms with van der Waals surface area (Å²) in [6, 6.07) is 0. The largest absolute Gasteiger partial charge is 0.415 e. The molecule has 1 nitrogen and oxygen atoms in total. The summed E-state index contributed by atoms with van der Waals surface area (Å²) < 4.78 is 6.53. The Morgan fingerprint density at radius 3 is 1.80 bits per heavy atom. The molecule has 0 heterocycles. The van der Waals surface area contributed by atoms with Crippen LogP contribution in [0.5, 0.6) is 0 Å². The van der Waals surface area contributed by atoms with Crippen LogP contribution in [-0.2, 0) is 4.43 Å². The fourth-order valence-corrected chi connectivity index (χ4v) is 7.49. The lowest BCUT2D eigenvalue weighted by molar-refractivity contribution is 0.173. The first-order chi connectivity index (χ1) is 6.67. The van der Waals surface area contributed by atoms with Crippen molar-refractivity contribution in [1.29, 1.82) is 0 Å². The molecule has 0 aliphatic heterocycles. The molecule has 0 atom stereocenters. The van der Waals surface area contributed by atoms with Gasteiger partial charge in [0, 0.05) is 5.22 Å². The quantitative estimate of drug-likeness (QED) is 0.638. The minimum atomic E-state index is -1.50. The molecule has 0 aliphatic carbocycles. The Labute approximate surface area is 99.3 Å². The molecule has 3 heteroatoms. The van der Waals surface area contributed by atoms with Gasteiger partial charge < -0.3 is 4.43 Å². The maximum absolute atomic E-state index is 6.53. The molecular formula is C12H30OSi2. The van der Waals surface area contributed by atoms with Crippen molar-refractivity contribution in [3.8, 4) is 0 Å². The zero-order valence-electron chi connectivity index (χ0n) is 12.0. The molecule has 0 aromatic carbocycles. The molecule has 0 saturated heterocycles. The van der Waals surface area contributed by atoms with E-state index in [0.717, 1.165) is 5.54 Å². The topological polar surface area (TPSA) is 9.23 Å². The van der Waals surface area contributed by atoms with Crippen molar-refractivity contribution in [3.63, 3.8) is 0 Å². The molecule has 0 amide bonds. The van der Waals surface area contributed by atoms with Gasteiger partial charge in [0.1, 0.15) is 0 Å². The Bertz CT molecular complexity index is 184. The van der Waals surface area contributed by atoms with E-state index in [0.29, 0.717) is 0 Å². The number of hydrogen-bond donors (Lipinski definition) is 0. The van der Waals surface area contributed by atoms with Crippen LogP contribution in [0, 0.1) is 0 Å². The van der Waals surface area contributed by atoms with Crippen molar-refractivity contribution < 1.29 is 4.43 Å². The van der Waals surface area contributed by atoms with Crippen LogP contribution in [0.1, 0.15) is 40.5 Å². The van der Waals surface area contributed by atoms with E-state index >= 15 is 0 Å². The van der Waals surface area contributed by atoms with Crippen LogP contribution in [0.3, 0.4) is 0 Å². The van der Waals surface area contributed by atoms with Gasteiger partial charge in [-0.15, -0.1) is 0 Å². The van der Waals surface area contributed by atoms with Gasteiger partial charge in [-0.25, -0.2) is 0 Å². The highest BCUT2D eigenvalue weighted by atomic mass is 28.4. The molecule has 0 spiro atoms. The Hall–Kier alpha value is 0.394. The van der Waals surface area contributed by atoms with Crippen molar-refractivity contribution in [1.82, 2.24) is 0 Å². The summed E-state index contributed by atoms with van der Waals surface area (Å²) in [5.74, 6) is 0. The maximum atomic E-state index is 6.53. The first-order valence-electron chi connectivity index (χ1n) is 6.37. The summed E-state index contributed by atoms with van der Waals surface area (Å²) >= 11 is 0. The summed E-state index contributed by atoms with van der Waals surface area (Å²) in [7, 11) is -2.23. The van der Waals surface area contributed by atoms with Crippen molar-refractivity contribution in [3.05, 3.63) is 0 Å². The Balaban J connectivity index is 4.61. The average molecular weight is 247 g/mol. The van der Waals surface area contributed by atoms with Crippen molar-refractivity contribution in [2.45, 2.75) is 77.5 Å². The normalized spacial score (nSPS) is 14.0. The van der Waals surface area contributed by atoms with E-state index in [-0.39, 0.29) is 5.22 Å². The predicted octanol–water partition coefficient (Wildman–Crippen LogP) is 4.20. The van der Waals surface area contributed by atoms with Gasteiger partial charge in [0.2, 0.25) is 0 Å². The molecular weight excluding hydrogens is 216 g/mol. The van der Waals surface area contributed by atoms with Crippen LogP contribution in [0.25, 0.3) is 0 Å². The van der Waals surface area contributed by atoms with Crippen LogP contribution < -0.4 is 0 Å². The number of hydrogen-bond acceptors (Lipinski definition) is 1. The summed E-state index contributed by atoms with van der Waals surface area (Å²) in [5, 5.41) is 0.165. The van der Waals surface area contributed by atoms with E-state index in [2.05, 4.69) is 53.9 Å². The van der Waals surface area contributed by atoms with Crippen LogP contribution in [0.15, 0.2) is 0 Å². The van der Waals surface area contributed by atoms with Crippen molar-refractivity contribution in [2.75, 3.05) is 0 Å². The highest BCUT2D eigenvalue weighted by Crippen LogP contribution is 2.33. The van der Waals surface area contributed by atoms with Crippen molar-refractivity contribution >= 4 is 17.1 Å². The molecule has 0 saturated carbocycles. The first kappa shape index (κ1) is 15.4. The second-order valence-corrected chi connectivity index (χ2v) is 13.9. The summed E-state index contributed by atoms with van der Waals surface area (Å²) in [6.07, 6.45) is 2.54. The van der Waals surface area contributed by atoms with E-state index < -0.39 is 17.1 Å². The summed E-state index contributed by atoms with van der Waals surface area (Å²) in [5.41, 5.74) is 0.810. The van der Waals surface area contributed by atoms with Gasteiger partial charge in [-0.1, -0.05) is 39.8 Å². The minimum absolute atomic E-state index is 0.165. The third-order valence-electron chi connectivity index (χ3n) is 3.89. The molecule has 0 fully saturated rings. The average Bonchev–Trinajstić information content (AvgIpc) is 2.03. The SMILES string of the molecule is CCC(CC)[Si](C)(C)OC(C)(C)[SiH](C)C. The van der Waals surface area contributed by atoms with Gasteiger partial charge >= 0.3 is 0 Å². The lowest BCUT2D eigenvalue weighted by Crippen LogP contribution is -2.50. The molecule has 0 N–H and O–H groups in total. The lowest BCUT2D eigenvalue weighted by atomic mass is 10.3. The number of rotatable bonds is 6. The fraction of sp³-hybridized carbons (Fsp3) is 1.00. The van der Waals surface area contributed by atoms with E-state index in [9.17, 15) is 0 Å². The minimum Gasteiger partial charge on any atom is -0.415 e. The van der Waals surface area contributed by atoms with E-state index in [1.54, 1.807) is 0 Å². The first-order valence-corrected chi connectivity index (χ1v) is 12.2. The maximum Gasteiger partial charge on any atom is 0.190 e. The van der Waals surface area contributed by atoms with E-state index in [1.165, 1.54) is 12.8 Å². The standard InChI is InChI=1S/C12H30OSi2/c1-9-11(10-2)15(7,8)13-12(3,4)14(5)6/h11,14H,9-10H2,1-8H3. The van der Waals surface area contributed by atoms with E-state index in [1.807, 2.05) is 0 Å². The molecule has 0 radical (unpaired) electrons. The summed E-state index contributed by atoms with van der Waals surface area (Å²) in [6.45, 7) is 18.7. The van der Waals surface area contributed by atoms with Crippen LogP contribution in [0.4, 0.5) is 0 Å².